The van der Waals surface area contributed by atoms with Gasteiger partial charge < -0.3 is 9.47 Å². The lowest BCUT2D eigenvalue weighted by atomic mass is 10.0. The molecule has 0 spiro atoms. The van der Waals surface area contributed by atoms with E-state index in [0.29, 0.717) is 17.7 Å². The summed E-state index contributed by atoms with van der Waals surface area (Å²) in [5.74, 6) is -1.16. The number of halogens is 1. The molecule has 0 aromatic heterocycles. The molecule has 7 nitrogen and oxygen atoms in total. The molecule has 0 radical (unpaired) electrons. The van der Waals surface area contributed by atoms with Crippen molar-refractivity contribution in [2.45, 2.75) is 37.1 Å². The van der Waals surface area contributed by atoms with Crippen LogP contribution in [0.15, 0.2) is 71.6 Å². The normalized spacial score (nSPS) is 16.4. The summed E-state index contributed by atoms with van der Waals surface area (Å²) in [4.78, 5) is 25.3. The van der Waals surface area contributed by atoms with Gasteiger partial charge in [0.1, 0.15) is 22.2 Å². The van der Waals surface area contributed by atoms with Gasteiger partial charge in [-0.1, -0.05) is 6.42 Å². The predicted molar refractivity (Wildman–Crippen MR) is 131 cm³/mol. The Hall–Kier alpha value is -3.56. The monoisotopic (exact) mass is 511 g/mol. The minimum Gasteiger partial charge on any atom is -0.495 e. The molecule has 0 aliphatic carbocycles. The molecule has 1 heterocycles. The van der Waals surface area contributed by atoms with Crippen LogP contribution < -0.4 is 9.47 Å². The van der Waals surface area contributed by atoms with Crippen molar-refractivity contribution in [1.82, 2.24) is 4.31 Å². The summed E-state index contributed by atoms with van der Waals surface area (Å²) in [6.07, 6.45) is 2.50. The van der Waals surface area contributed by atoms with Gasteiger partial charge in [-0.2, -0.15) is 4.31 Å². The minimum atomic E-state index is -3.89. The fourth-order valence-corrected chi connectivity index (χ4v) is 6.05. The van der Waals surface area contributed by atoms with Crippen molar-refractivity contribution < 1.29 is 31.9 Å². The van der Waals surface area contributed by atoms with Gasteiger partial charge in [0.2, 0.25) is 10.0 Å². The molecule has 188 valence electrons. The number of piperidine rings is 1. The molecule has 0 saturated carbocycles. The van der Waals surface area contributed by atoms with Crippen LogP contribution in [0.4, 0.5) is 4.39 Å². The highest BCUT2D eigenvalue weighted by Crippen LogP contribution is 2.32. The number of ether oxygens (including phenoxy) is 2. The second-order valence-electron chi connectivity index (χ2n) is 8.58. The fraction of sp³-hybridized carbons (Fsp3) is 0.259. The number of nitrogens with zero attached hydrogens (tertiary/aromatic N) is 1. The lowest BCUT2D eigenvalue weighted by molar-refractivity contribution is 0.0734. The van der Waals surface area contributed by atoms with E-state index in [2.05, 4.69) is 0 Å². The Bertz CT molecular complexity index is 1370. The molecular weight excluding hydrogens is 485 g/mol. The quantitative estimate of drug-likeness (QED) is 0.256. The largest absolute Gasteiger partial charge is 0.495 e. The molecule has 1 saturated heterocycles. The number of esters is 1. The first-order valence-corrected chi connectivity index (χ1v) is 13.0. The average Bonchev–Trinajstić information content (AvgIpc) is 2.89. The van der Waals surface area contributed by atoms with Crippen LogP contribution in [0, 0.1) is 5.82 Å². The van der Waals surface area contributed by atoms with Gasteiger partial charge in [-0.25, -0.2) is 17.6 Å². The highest BCUT2D eigenvalue weighted by Gasteiger charge is 2.33. The first-order valence-electron chi connectivity index (χ1n) is 11.5. The number of carbonyl (C=O) groups is 2. The van der Waals surface area contributed by atoms with Crippen LogP contribution in [0.2, 0.25) is 0 Å². The van der Waals surface area contributed by atoms with Gasteiger partial charge in [0.15, 0.2) is 5.78 Å². The topological polar surface area (TPSA) is 90.0 Å². The second kappa shape index (κ2) is 10.6. The van der Waals surface area contributed by atoms with Crippen LogP contribution in [-0.4, -0.2) is 44.2 Å². The van der Waals surface area contributed by atoms with Crippen LogP contribution in [0.1, 0.15) is 52.5 Å². The number of ketones is 1. The van der Waals surface area contributed by atoms with E-state index < -0.39 is 21.8 Å². The van der Waals surface area contributed by atoms with Crippen molar-refractivity contribution >= 4 is 21.8 Å². The van der Waals surface area contributed by atoms with Gasteiger partial charge in [0.25, 0.3) is 0 Å². The van der Waals surface area contributed by atoms with E-state index in [1.54, 1.807) is 0 Å². The van der Waals surface area contributed by atoms with E-state index in [-0.39, 0.29) is 33.8 Å². The third-order valence-electron chi connectivity index (χ3n) is 6.16. The highest BCUT2D eigenvalue weighted by molar-refractivity contribution is 7.89. The number of rotatable bonds is 7. The Morgan fingerprint density at radius 1 is 0.917 bits per heavy atom. The van der Waals surface area contributed by atoms with Crippen LogP contribution in [0.25, 0.3) is 0 Å². The molecule has 9 heteroatoms. The standard InChI is InChI=1S/C27H26FNO6S/c1-18-5-3-4-16-29(18)36(32,33)25-17-21(10-15-24(25)34-2)27(31)35-23-13-8-20(9-14-23)26(30)19-6-11-22(28)12-7-19/h6-15,17-18H,3-5,16H2,1-2H3. The summed E-state index contributed by atoms with van der Waals surface area (Å²) in [5, 5.41) is 0. The molecule has 0 amide bonds. The third-order valence-corrected chi connectivity index (χ3v) is 8.20. The van der Waals surface area contributed by atoms with Crippen molar-refractivity contribution in [3.63, 3.8) is 0 Å². The zero-order chi connectivity index (χ0) is 25.9. The van der Waals surface area contributed by atoms with Crippen LogP contribution >= 0.6 is 0 Å². The van der Waals surface area contributed by atoms with Gasteiger partial charge in [-0.15, -0.1) is 0 Å². The maximum Gasteiger partial charge on any atom is 0.343 e. The first kappa shape index (κ1) is 25.5. The van der Waals surface area contributed by atoms with Crippen LogP contribution in [0.3, 0.4) is 0 Å². The third kappa shape index (κ3) is 5.32. The van der Waals surface area contributed by atoms with Gasteiger partial charge in [-0.05, 0) is 86.5 Å². The van der Waals surface area contributed by atoms with Crippen LogP contribution in [-0.2, 0) is 10.0 Å². The maximum absolute atomic E-state index is 13.4. The molecule has 1 aliphatic heterocycles. The average molecular weight is 512 g/mol. The molecule has 1 unspecified atom stereocenters. The number of sulfonamides is 1. The van der Waals surface area contributed by atoms with Gasteiger partial charge in [0.05, 0.1) is 12.7 Å². The summed E-state index contributed by atoms with van der Waals surface area (Å²) in [7, 11) is -2.51. The van der Waals surface area contributed by atoms with Crippen molar-refractivity contribution in [2.24, 2.45) is 0 Å². The molecule has 3 aromatic rings. The number of benzene rings is 3. The predicted octanol–water partition coefficient (Wildman–Crippen LogP) is 4.85. The Kier molecular flexibility index (Phi) is 7.51. The van der Waals surface area contributed by atoms with E-state index in [0.717, 1.165) is 19.3 Å². The van der Waals surface area contributed by atoms with E-state index in [4.69, 9.17) is 9.47 Å². The Morgan fingerprint density at radius 3 is 2.14 bits per heavy atom. The minimum absolute atomic E-state index is 0.0468. The number of methoxy groups -OCH3 is 1. The molecule has 1 aliphatic rings. The van der Waals surface area contributed by atoms with Gasteiger partial charge >= 0.3 is 5.97 Å². The summed E-state index contributed by atoms with van der Waals surface area (Å²) in [6, 6.07) is 15.1. The zero-order valence-electron chi connectivity index (χ0n) is 19.9. The molecule has 1 atom stereocenters. The molecule has 4 rings (SSSR count). The van der Waals surface area contributed by atoms with E-state index in [1.165, 1.54) is 78.1 Å². The van der Waals surface area contributed by atoms with Crippen molar-refractivity contribution in [1.29, 1.82) is 0 Å². The highest BCUT2D eigenvalue weighted by atomic mass is 32.2. The lowest BCUT2D eigenvalue weighted by Crippen LogP contribution is -2.42. The molecule has 36 heavy (non-hydrogen) atoms. The maximum atomic E-state index is 13.4. The van der Waals surface area contributed by atoms with Crippen molar-refractivity contribution in [3.05, 3.63) is 89.2 Å². The SMILES string of the molecule is COc1ccc(C(=O)Oc2ccc(C(=O)c3ccc(F)cc3)cc2)cc1S(=O)(=O)N1CCCCC1C. The molecule has 1 fully saturated rings. The lowest BCUT2D eigenvalue weighted by Gasteiger charge is -2.32. The van der Waals surface area contributed by atoms with E-state index >= 15 is 0 Å². The van der Waals surface area contributed by atoms with E-state index in [1.807, 2.05) is 6.92 Å². The Balaban J connectivity index is 1.54. The van der Waals surface area contributed by atoms with Gasteiger partial charge in [-0.3, -0.25) is 4.79 Å². The molecular formula is C27H26FNO6S. The van der Waals surface area contributed by atoms with Gasteiger partial charge in [0, 0.05) is 23.7 Å². The molecule has 0 bridgehead atoms. The van der Waals surface area contributed by atoms with Crippen molar-refractivity contribution in [2.75, 3.05) is 13.7 Å². The fourth-order valence-electron chi connectivity index (χ4n) is 4.17. The summed E-state index contributed by atoms with van der Waals surface area (Å²) < 4.78 is 52.0. The summed E-state index contributed by atoms with van der Waals surface area (Å²) >= 11 is 0. The first-order chi connectivity index (χ1) is 17.2. The molecule has 0 N–H and O–H groups in total. The smallest absolute Gasteiger partial charge is 0.343 e. The van der Waals surface area contributed by atoms with E-state index in [9.17, 15) is 22.4 Å². The molecule has 3 aromatic carbocycles. The Labute approximate surface area is 209 Å². The van der Waals surface area contributed by atoms with Crippen molar-refractivity contribution in [3.8, 4) is 11.5 Å². The van der Waals surface area contributed by atoms with Crippen LogP contribution in [0.5, 0.6) is 11.5 Å². The number of hydrogen-bond acceptors (Lipinski definition) is 6. The Morgan fingerprint density at radius 2 is 1.53 bits per heavy atom. The summed E-state index contributed by atoms with van der Waals surface area (Å²) in [5.41, 5.74) is 0.719. The second-order valence-corrected chi connectivity index (χ2v) is 10.4. The number of carbonyl (C=O) groups excluding carboxylic acids is 2. The zero-order valence-corrected chi connectivity index (χ0v) is 20.8. The summed E-state index contributed by atoms with van der Waals surface area (Å²) in [6.45, 7) is 2.27. The number of hydrogen-bond donors (Lipinski definition) is 0.